The van der Waals surface area contributed by atoms with E-state index >= 15 is 0 Å². The van der Waals surface area contributed by atoms with Crippen LogP contribution in [0.4, 0.5) is 13.2 Å². The molecule has 0 radical (unpaired) electrons. The van der Waals surface area contributed by atoms with E-state index in [9.17, 15) is 37.6 Å². The Labute approximate surface area is 203 Å². The first-order valence-electron chi connectivity index (χ1n) is 11.6. The first-order valence-corrected chi connectivity index (χ1v) is 11.6. The first kappa shape index (κ1) is 28.4. The van der Waals surface area contributed by atoms with E-state index in [4.69, 9.17) is 0 Å². The Morgan fingerprint density at radius 1 is 1.14 bits per heavy atom. The maximum Gasteiger partial charge on any atom is 0.471 e. The van der Waals surface area contributed by atoms with Crippen molar-refractivity contribution < 1.29 is 32.3 Å². The first-order chi connectivity index (χ1) is 16.0. The zero-order valence-electron chi connectivity index (χ0n) is 20.9. The van der Waals surface area contributed by atoms with Gasteiger partial charge in [0.05, 0.1) is 6.07 Å². The van der Waals surface area contributed by atoms with Crippen molar-refractivity contribution in [2.45, 2.75) is 78.7 Å². The molecule has 3 N–H and O–H groups in total. The summed E-state index contributed by atoms with van der Waals surface area (Å²) < 4.78 is 38.7. The molecule has 0 aromatic rings. The second kappa shape index (κ2) is 10.0. The number of likely N-dealkylation sites (tertiary alicyclic amines) is 1. The Kier molecular flexibility index (Phi) is 8.14. The summed E-state index contributed by atoms with van der Waals surface area (Å²) in [4.78, 5) is 51.3. The van der Waals surface area contributed by atoms with Gasteiger partial charge >= 0.3 is 12.1 Å². The van der Waals surface area contributed by atoms with Crippen LogP contribution in [-0.4, -0.2) is 65.9 Å². The summed E-state index contributed by atoms with van der Waals surface area (Å²) in [5.41, 5.74) is -1.34. The lowest BCUT2D eigenvalue weighted by atomic mass is 9.85. The highest BCUT2D eigenvalue weighted by molar-refractivity contribution is 5.95. The molecule has 35 heavy (non-hydrogen) atoms. The number of carbonyl (C=O) groups excluding carboxylic acids is 4. The molecule has 4 amide bonds. The Bertz CT molecular complexity index is 906. The minimum absolute atomic E-state index is 0.0206. The van der Waals surface area contributed by atoms with Crippen LogP contribution in [0.3, 0.4) is 0 Å². The lowest BCUT2D eigenvalue weighted by Crippen LogP contribution is -2.61. The SMILES string of the molecule is CCNC(=O)CCC(C#N)NC(=O)C1C2C(CN1C(=O)C(NC(=O)C(F)(F)F)C(C)(C)C)C2(C)C. The van der Waals surface area contributed by atoms with Gasteiger partial charge < -0.3 is 20.9 Å². The minimum atomic E-state index is -5.17. The molecule has 1 aliphatic heterocycles. The van der Waals surface area contributed by atoms with E-state index < -0.39 is 47.4 Å². The quantitative estimate of drug-likeness (QED) is 0.464. The van der Waals surface area contributed by atoms with Gasteiger partial charge in [-0.25, -0.2) is 0 Å². The number of alkyl halides is 3. The van der Waals surface area contributed by atoms with Crippen molar-refractivity contribution >= 4 is 23.6 Å². The highest BCUT2D eigenvalue weighted by Gasteiger charge is 2.69. The molecule has 1 saturated heterocycles. The average Bonchev–Trinajstić information content (AvgIpc) is 3.08. The number of rotatable bonds is 8. The van der Waals surface area contributed by atoms with E-state index in [2.05, 4.69) is 10.6 Å². The number of fused-ring (bicyclic) bond motifs is 1. The Hall–Kier alpha value is -2.84. The van der Waals surface area contributed by atoms with Gasteiger partial charge in [0.2, 0.25) is 17.7 Å². The molecule has 5 unspecified atom stereocenters. The fourth-order valence-electron chi connectivity index (χ4n) is 4.83. The second-order valence-electron chi connectivity index (χ2n) is 10.8. The van der Waals surface area contributed by atoms with Crippen molar-refractivity contribution in [2.75, 3.05) is 13.1 Å². The molecule has 0 aromatic carbocycles. The van der Waals surface area contributed by atoms with Crippen LogP contribution in [0.15, 0.2) is 0 Å². The van der Waals surface area contributed by atoms with Crippen LogP contribution in [0.5, 0.6) is 0 Å². The fraction of sp³-hybridized carbons (Fsp3) is 0.783. The summed E-state index contributed by atoms with van der Waals surface area (Å²) >= 11 is 0. The van der Waals surface area contributed by atoms with Gasteiger partial charge in [-0.15, -0.1) is 0 Å². The van der Waals surface area contributed by atoms with Crippen molar-refractivity contribution in [3.05, 3.63) is 0 Å². The van der Waals surface area contributed by atoms with Gasteiger partial charge in [0.15, 0.2) is 0 Å². The van der Waals surface area contributed by atoms with Crippen molar-refractivity contribution in [3.8, 4) is 6.07 Å². The lowest BCUT2D eigenvalue weighted by Gasteiger charge is -2.37. The fourth-order valence-corrected chi connectivity index (χ4v) is 4.83. The summed E-state index contributed by atoms with van der Waals surface area (Å²) in [5.74, 6) is -4.17. The van der Waals surface area contributed by atoms with Gasteiger partial charge in [0.25, 0.3) is 0 Å². The number of amides is 4. The molecule has 2 aliphatic rings. The van der Waals surface area contributed by atoms with E-state index in [1.165, 1.54) is 25.7 Å². The minimum Gasteiger partial charge on any atom is -0.356 e. The van der Waals surface area contributed by atoms with Crippen LogP contribution >= 0.6 is 0 Å². The molecule has 2 fully saturated rings. The monoisotopic (exact) mass is 501 g/mol. The summed E-state index contributed by atoms with van der Waals surface area (Å²) in [7, 11) is 0. The summed E-state index contributed by atoms with van der Waals surface area (Å²) in [6.45, 7) is 10.8. The number of piperidine rings is 1. The number of carbonyl (C=O) groups is 4. The molecular formula is C23H34F3N5O4. The van der Waals surface area contributed by atoms with Crippen molar-refractivity contribution in [3.63, 3.8) is 0 Å². The van der Waals surface area contributed by atoms with E-state index in [-0.39, 0.29) is 42.5 Å². The predicted octanol–water partition coefficient (Wildman–Crippen LogP) is 1.49. The molecule has 196 valence electrons. The molecule has 9 nitrogen and oxygen atoms in total. The number of halogens is 3. The van der Waals surface area contributed by atoms with Gasteiger partial charge in [-0.2, -0.15) is 18.4 Å². The molecule has 12 heteroatoms. The number of hydrogen-bond acceptors (Lipinski definition) is 5. The van der Waals surface area contributed by atoms with Crippen molar-refractivity contribution in [1.29, 1.82) is 5.26 Å². The van der Waals surface area contributed by atoms with E-state index in [1.807, 2.05) is 19.9 Å². The predicted molar refractivity (Wildman–Crippen MR) is 119 cm³/mol. The number of hydrogen-bond donors (Lipinski definition) is 3. The van der Waals surface area contributed by atoms with Gasteiger partial charge in [-0.05, 0) is 36.0 Å². The zero-order valence-corrected chi connectivity index (χ0v) is 20.9. The number of nitrogens with one attached hydrogen (secondary N) is 3. The number of nitriles is 1. The molecule has 1 aliphatic carbocycles. The van der Waals surface area contributed by atoms with Crippen LogP contribution in [0.2, 0.25) is 0 Å². The van der Waals surface area contributed by atoms with Crippen LogP contribution in [-0.2, 0) is 19.2 Å². The summed E-state index contributed by atoms with van der Waals surface area (Å²) in [6, 6.07) is -1.56. The van der Waals surface area contributed by atoms with Gasteiger partial charge in [-0.3, -0.25) is 19.2 Å². The molecule has 2 rings (SSSR count). The Morgan fingerprint density at radius 3 is 2.23 bits per heavy atom. The summed E-state index contributed by atoms with van der Waals surface area (Å²) in [5, 5.41) is 16.4. The summed E-state index contributed by atoms with van der Waals surface area (Å²) in [6.07, 6.45) is -5.08. The van der Waals surface area contributed by atoms with E-state index in [0.29, 0.717) is 6.54 Å². The third-order valence-corrected chi connectivity index (χ3v) is 6.91. The van der Waals surface area contributed by atoms with Gasteiger partial charge in [0.1, 0.15) is 18.1 Å². The van der Waals surface area contributed by atoms with Gasteiger partial charge in [-0.1, -0.05) is 34.6 Å². The maximum absolute atomic E-state index is 13.4. The maximum atomic E-state index is 13.4. The van der Waals surface area contributed by atoms with Gasteiger partial charge in [0, 0.05) is 19.5 Å². The largest absolute Gasteiger partial charge is 0.471 e. The average molecular weight is 502 g/mol. The topological polar surface area (TPSA) is 131 Å². The second-order valence-corrected chi connectivity index (χ2v) is 10.8. The molecule has 1 heterocycles. The lowest BCUT2D eigenvalue weighted by molar-refractivity contribution is -0.176. The molecule has 0 aromatic heterocycles. The van der Waals surface area contributed by atoms with Crippen molar-refractivity contribution in [2.24, 2.45) is 22.7 Å². The highest BCUT2D eigenvalue weighted by atomic mass is 19.4. The van der Waals surface area contributed by atoms with Crippen LogP contribution in [0.25, 0.3) is 0 Å². The number of nitrogens with zero attached hydrogens (tertiary/aromatic N) is 2. The molecule has 5 atom stereocenters. The Balaban J connectivity index is 2.24. The Morgan fingerprint density at radius 2 is 1.74 bits per heavy atom. The van der Waals surface area contributed by atoms with Crippen molar-refractivity contribution in [1.82, 2.24) is 20.9 Å². The van der Waals surface area contributed by atoms with E-state index in [0.717, 1.165) is 0 Å². The third-order valence-electron chi connectivity index (χ3n) is 6.91. The molecular weight excluding hydrogens is 467 g/mol. The van der Waals surface area contributed by atoms with Crippen LogP contribution in [0, 0.1) is 34.0 Å². The molecule has 0 bridgehead atoms. The van der Waals surface area contributed by atoms with E-state index in [1.54, 1.807) is 12.2 Å². The normalized spacial score (nSPS) is 24.5. The third kappa shape index (κ3) is 6.24. The standard InChI is InChI=1S/C23H34F3N5O4/c1-7-28-14(32)9-8-12(10-27)29-18(33)16-15-13(22(15,5)6)11-31(16)19(34)17(21(2,3)4)30-20(35)23(24,25)26/h12-13,15-17H,7-9,11H2,1-6H3,(H,28,32)(H,29,33)(H,30,35). The van der Waals surface area contributed by atoms with Crippen LogP contribution in [0.1, 0.15) is 54.4 Å². The zero-order chi connectivity index (χ0) is 26.9. The highest BCUT2D eigenvalue weighted by Crippen LogP contribution is 2.65. The smallest absolute Gasteiger partial charge is 0.356 e. The van der Waals surface area contributed by atoms with Crippen LogP contribution < -0.4 is 16.0 Å². The molecule has 0 spiro atoms. The molecule has 1 saturated carbocycles.